The van der Waals surface area contributed by atoms with Gasteiger partial charge in [-0.05, 0) is 123 Å². The number of nitrogens with zero attached hydrogens (tertiary/aromatic N) is 5. The lowest BCUT2D eigenvalue weighted by Crippen LogP contribution is -2.51. The Bertz CT molecular complexity index is 1990. The van der Waals surface area contributed by atoms with Crippen molar-refractivity contribution in [2.45, 2.75) is 110 Å². The van der Waals surface area contributed by atoms with Crippen molar-refractivity contribution in [3.8, 4) is 0 Å². The molecule has 306 valence electrons. The van der Waals surface area contributed by atoms with Crippen LogP contribution in [0.2, 0.25) is 0 Å². The number of imidazole rings is 2. The van der Waals surface area contributed by atoms with Crippen LogP contribution in [0.1, 0.15) is 127 Å². The molecule has 3 amide bonds. The van der Waals surface area contributed by atoms with E-state index in [4.69, 9.17) is 14.7 Å². The monoisotopic (exact) mass is 778 g/mol. The van der Waals surface area contributed by atoms with Gasteiger partial charge in [-0.15, -0.1) is 0 Å². The maximum atomic E-state index is 13.7. The highest BCUT2D eigenvalue weighted by molar-refractivity contribution is 5.86. The second-order valence-corrected chi connectivity index (χ2v) is 18.4. The Balaban J connectivity index is 1.03. The van der Waals surface area contributed by atoms with Crippen molar-refractivity contribution < 1.29 is 19.1 Å². The SMILES string of the molecule is COC(=O)NC(C(=O)N1CCCC1c1ncc(C2=CC=C(C3=CC=C(c4cnc(C5CCCN5C(=O)CC(C)C)[nH]4)C4CCC5(CCN(C)C5)C34)CC2)[nH]1)C(C)C. The molecule has 1 saturated carbocycles. The van der Waals surface area contributed by atoms with Crippen LogP contribution in [0.5, 0.6) is 0 Å². The molecule has 12 heteroatoms. The zero-order chi connectivity index (χ0) is 40.0. The molecule has 5 heterocycles. The van der Waals surface area contributed by atoms with Gasteiger partial charge < -0.3 is 34.7 Å². The average Bonchev–Trinajstić information content (AvgIpc) is 4.05. The lowest BCUT2D eigenvalue weighted by molar-refractivity contribution is -0.135. The van der Waals surface area contributed by atoms with Gasteiger partial charge in [0.25, 0.3) is 0 Å². The molecule has 6 atom stereocenters. The number of hydrogen-bond acceptors (Lipinski definition) is 7. The highest BCUT2D eigenvalue weighted by Gasteiger charge is 2.54. The Morgan fingerprint density at radius 1 is 0.842 bits per heavy atom. The number of H-pyrrole nitrogens is 2. The molecule has 0 aromatic carbocycles. The van der Waals surface area contributed by atoms with E-state index in [1.165, 1.54) is 48.7 Å². The number of likely N-dealkylation sites (tertiary alicyclic amines) is 3. The number of rotatable bonds is 10. The van der Waals surface area contributed by atoms with Gasteiger partial charge in [0.2, 0.25) is 11.8 Å². The van der Waals surface area contributed by atoms with Gasteiger partial charge in [-0.1, -0.05) is 52.0 Å². The molecule has 3 aliphatic carbocycles. The minimum atomic E-state index is -0.661. The first-order valence-electron chi connectivity index (χ1n) is 21.5. The number of amides is 3. The maximum Gasteiger partial charge on any atom is 0.407 e. The molecule has 3 N–H and O–H groups in total. The van der Waals surface area contributed by atoms with Crippen LogP contribution < -0.4 is 5.32 Å². The van der Waals surface area contributed by atoms with Crippen LogP contribution in [-0.4, -0.2) is 98.9 Å². The van der Waals surface area contributed by atoms with Crippen LogP contribution in [0, 0.1) is 29.1 Å². The molecule has 4 fully saturated rings. The molecule has 6 unspecified atom stereocenters. The van der Waals surface area contributed by atoms with E-state index in [0.717, 1.165) is 81.2 Å². The molecule has 8 rings (SSSR count). The molecule has 1 spiro atoms. The third kappa shape index (κ3) is 7.54. The highest BCUT2D eigenvalue weighted by atomic mass is 16.5. The number of aromatic nitrogens is 4. The van der Waals surface area contributed by atoms with Crippen LogP contribution in [0.25, 0.3) is 11.1 Å². The number of aromatic amines is 2. The van der Waals surface area contributed by atoms with E-state index < -0.39 is 12.1 Å². The Morgan fingerprint density at radius 2 is 1.49 bits per heavy atom. The number of carbonyl (C=O) groups is 3. The molecular weight excluding hydrogens is 717 g/mol. The average molecular weight is 779 g/mol. The quantitative estimate of drug-likeness (QED) is 0.229. The van der Waals surface area contributed by atoms with Gasteiger partial charge in [-0.2, -0.15) is 0 Å². The maximum absolute atomic E-state index is 13.7. The van der Waals surface area contributed by atoms with Crippen molar-refractivity contribution in [1.82, 2.24) is 40.0 Å². The van der Waals surface area contributed by atoms with E-state index in [9.17, 15) is 14.4 Å². The molecule has 0 radical (unpaired) electrons. The molecular formula is C45H62N8O4. The molecule has 2 aromatic rings. The standard InChI is InChI=1S/C45H62N8O4/c1-27(2)23-38(54)52-20-7-9-36(52)41-47-25-35(49-41)32-16-15-31(39-33(32)17-18-45(39)19-22-51(5)26-45)29-11-13-30(14-12-29)34-24-46-42(48-34)37-10-8-21-53(37)43(55)40(28(3)4)50-44(56)57-6/h11,13,15-16,24-25,27-28,33,36-37,39-40H,7-10,12,14,17-23,26H2,1-6H3,(H,46,48)(H,47,49)(H,50,56). The second kappa shape index (κ2) is 16.1. The van der Waals surface area contributed by atoms with Crippen molar-refractivity contribution >= 4 is 29.1 Å². The summed E-state index contributed by atoms with van der Waals surface area (Å²) in [4.78, 5) is 62.4. The normalized spacial score (nSPS) is 28.1. The minimum Gasteiger partial charge on any atom is -0.453 e. The first-order chi connectivity index (χ1) is 27.5. The van der Waals surface area contributed by atoms with Gasteiger partial charge in [0.05, 0.1) is 43.0 Å². The summed E-state index contributed by atoms with van der Waals surface area (Å²) in [5.41, 5.74) is 7.89. The van der Waals surface area contributed by atoms with Crippen LogP contribution in [0.4, 0.5) is 4.79 Å². The van der Waals surface area contributed by atoms with Crippen molar-refractivity contribution in [1.29, 1.82) is 0 Å². The number of fused-ring (bicyclic) bond motifs is 2. The number of hydrogen-bond donors (Lipinski definition) is 3. The topological polar surface area (TPSA) is 140 Å². The van der Waals surface area contributed by atoms with Crippen molar-refractivity contribution in [2.24, 2.45) is 29.1 Å². The zero-order valence-corrected chi connectivity index (χ0v) is 34.8. The van der Waals surface area contributed by atoms with Crippen molar-refractivity contribution in [2.75, 3.05) is 40.3 Å². The molecule has 6 aliphatic rings. The van der Waals surface area contributed by atoms with E-state index in [2.05, 4.69) is 70.3 Å². The molecule has 0 bridgehead atoms. The Morgan fingerprint density at radius 3 is 2.14 bits per heavy atom. The fourth-order valence-electron chi connectivity index (χ4n) is 11.1. The van der Waals surface area contributed by atoms with Crippen molar-refractivity contribution in [3.63, 3.8) is 0 Å². The zero-order valence-electron chi connectivity index (χ0n) is 34.8. The lowest BCUT2D eigenvalue weighted by atomic mass is 9.65. The van der Waals surface area contributed by atoms with Gasteiger partial charge in [0.1, 0.15) is 17.7 Å². The summed E-state index contributed by atoms with van der Waals surface area (Å²) >= 11 is 0. The van der Waals surface area contributed by atoms with Gasteiger partial charge >= 0.3 is 6.09 Å². The minimum absolute atomic E-state index is 0.0287. The number of nitrogens with one attached hydrogen (secondary N) is 3. The second-order valence-electron chi connectivity index (χ2n) is 18.4. The largest absolute Gasteiger partial charge is 0.453 e. The number of carbonyl (C=O) groups excluding carboxylic acids is 3. The predicted octanol–water partition coefficient (Wildman–Crippen LogP) is 7.36. The van der Waals surface area contributed by atoms with E-state index in [1.807, 2.05) is 31.1 Å². The van der Waals surface area contributed by atoms with Crippen LogP contribution in [0.15, 0.2) is 47.8 Å². The fraction of sp³-hybridized carbons (Fsp3) is 0.622. The number of ether oxygens (including phenoxy) is 1. The van der Waals surface area contributed by atoms with Crippen molar-refractivity contribution in [3.05, 3.63) is 70.9 Å². The molecule has 57 heavy (non-hydrogen) atoms. The van der Waals surface area contributed by atoms with Gasteiger partial charge in [-0.3, -0.25) is 9.59 Å². The lowest BCUT2D eigenvalue weighted by Gasteiger charge is -2.39. The Kier molecular flexibility index (Phi) is 11.1. The number of alkyl carbamates (subject to hydrolysis) is 1. The van der Waals surface area contributed by atoms with Crippen LogP contribution >= 0.6 is 0 Å². The number of allylic oxidation sites excluding steroid dienone is 8. The Hall–Kier alpha value is -4.45. The third-order valence-corrected chi connectivity index (χ3v) is 13.9. The van der Waals surface area contributed by atoms with Gasteiger partial charge in [-0.25, -0.2) is 14.8 Å². The highest BCUT2D eigenvalue weighted by Crippen LogP contribution is 2.61. The summed E-state index contributed by atoms with van der Waals surface area (Å²) in [7, 11) is 3.59. The summed E-state index contributed by atoms with van der Waals surface area (Å²) in [6.07, 6.45) is 22.5. The van der Waals surface area contributed by atoms with Crippen LogP contribution in [-0.2, 0) is 14.3 Å². The summed E-state index contributed by atoms with van der Waals surface area (Å²) in [6.45, 7) is 11.8. The van der Waals surface area contributed by atoms with Gasteiger partial charge in [0, 0.05) is 26.1 Å². The first kappa shape index (κ1) is 39.4. The summed E-state index contributed by atoms with van der Waals surface area (Å²) < 4.78 is 4.81. The predicted molar refractivity (Wildman–Crippen MR) is 220 cm³/mol. The van der Waals surface area contributed by atoms with Crippen LogP contribution in [0.3, 0.4) is 0 Å². The smallest absolute Gasteiger partial charge is 0.407 e. The van der Waals surface area contributed by atoms with E-state index >= 15 is 0 Å². The van der Waals surface area contributed by atoms with E-state index in [-0.39, 0.29) is 35.2 Å². The molecule has 2 aromatic heterocycles. The third-order valence-electron chi connectivity index (χ3n) is 13.9. The first-order valence-corrected chi connectivity index (χ1v) is 21.5. The summed E-state index contributed by atoms with van der Waals surface area (Å²) in [5.74, 6) is 2.99. The molecule has 12 nitrogen and oxygen atoms in total. The molecule has 3 saturated heterocycles. The fourth-order valence-corrected chi connectivity index (χ4v) is 11.1. The number of methoxy groups -OCH3 is 1. The summed E-state index contributed by atoms with van der Waals surface area (Å²) in [5, 5.41) is 2.74. The summed E-state index contributed by atoms with van der Waals surface area (Å²) in [6, 6.07) is -0.793. The molecule has 3 aliphatic heterocycles. The van der Waals surface area contributed by atoms with E-state index in [1.54, 1.807) is 0 Å². The van der Waals surface area contributed by atoms with Gasteiger partial charge in [0.15, 0.2) is 0 Å². The Labute approximate surface area is 337 Å². The van der Waals surface area contributed by atoms with E-state index in [0.29, 0.717) is 30.7 Å².